The summed E-state index contributed by atoms with van der Waals surface area (Å²) in [6.07, 6.45) is -0.122. The highest BCUT2D eigenvalue weighted by Crippen LogP contribution is 2.31. The largest absolute Gasteiger partial charge is 0.573 e. The molecule has 0 heterocycles. The second kappa shape index (κ2) is 6.15. The number of hydrogen-bond donors (Lipinski definition) is 1. The highest BCUT2D eigenvalue weighted by Gasteiger charge is 2.32. The molecule has 1 N–H and O–H groups in total. The van der Waals surface area contributed by atoms with Crippen molar-refractivity contribution < 1.29 is 22.7 Å². The molecule has 1 aliphatic carbocycles. The van der Waals surface area contributed by atoms with Gasteiger partial charge in [0.15, 0.2) is 5.75 Å². The van der Waals surface area contributed by atoms with E-state index in [9.17, 15) is 18.0 Å². The molecule has 6 heteroatoms. The van der Waals surface area contributed by atoms with Gasteiger partial charge in [-0.15, -0.1) is 13.2 Å². The summed E-state index contributed by atoms with van der Waals surface area (Å²) in [7, 11) is 0. The van der Waals surface area contributed by atoms with Gasteiger partial charge in [0, 0.05) is 5.92 Å². The molecule has 1 aromatic rings. The zero-order valence-electron chi connectivity index (χ0n) is 10.9. The van der Waals surface area contributed by atoms with Crippen molar-refractivity contribution in [2.45, 2.75) is 38.5 Å². The third kappa shape index (κ3) is 4.15. The lowest BCUT2D eigenvalue weighted by atomic mass is 9.88. The van der Waals surface area contributed by atoms with Crippen molar-refractivity contribution >= 4 is 11.6 Å². The molecule has 0 radical (unpaired) electrons. The zero-order chi connectivity index (χ0) is 14.6. The lowest BCUT2D eigenvalue weighted by molar-refractivity contribution is -0.274. The van der Waals surface area contributed by atoms with E-state index in [1.807, 2.05) is 0 Å². The summed E-state index contributed by atoms with van der Waals surface area (Å²) in [6.45, 7) is 0. The van der Waals surface area contributed by atoms with Gasteiger partial charge in [0.1, 0.15) is 0 Å². The number of hydrogen-bond acceptors (Lipinski definition) is 2. The average molecular weight is 287 g/mol. The molecule has 1 saturated carbocycles. The molecule has 2 rings (SSSR count). The van der Waals surface area contributed by atoms with Crippen LogP contribution in [-0.4, -0.2) is 12.3 Å². The zero-order valence-corrected chi connectivity index (χ0v) is 10.9. The minimum absolute atomic E-state index is 0.0559. The summed E-state index contributed by atoms with van der Waals surface area (Å²) in [5.74, 6) is -0.741. The number of nitrogens with one attached hydrogen (secondary N) is 1. The second-order valence-electron chi connectivity index (χ2n) is 4.87. The lowest BCUT2D eigenvalue weighted by Crippen LogP contribution is -2.25. The van der Waals surface area contributed by atoms with Gasteiger partial charge in [-0.05, 0) is 25.0 Å². The monoisotopic (exact) mass is 287 g/mol. The average Bonchev–Trinajstić information content (AvgIpc) is 2.40. The number of carbonyl (C=O) groups excluding carboxylic acids is 1. The number of benzene rings is 1. The molecule has 0 aromatic heterocycles. The van der Waals surface area contributed by atoms with Crippen LogP contribution in [0.15, 0.2) is 24.3 Å². The van der Waals surface area contributed by atoms with E-state index in [-0.39, 0.29) is 23.3 Å². The Morgan fingerprint density at radius 1 is 1.15 bits per heavy atom. The van der Waals surface area contributed by atoms with Crippen LogP contribution in [0.25, 0.3) is 0 Å². The predicted molar refractivity (Wildman–Crippen MR) is 68.3 cm³/mol. The first-order chi connectivity index (χ1) is 9.46. The van der Waals surface area contributed by atoms with E-state index in [1.54, 1.807) is 6.07 Å². The summed E-state index contributed by atoms with van der Waals surface area (Å²) in [6, 6.07) is 5.57. The molecule has 0 unspecified atom stereocenters. The SMILES string of the molecule is O=C(Nc1ccccc1OC(F)(F)F)C1CCCCC1. The molecular weight excluding hydrogens is 271 g/mol. The minimum Gasteiger partial charge on any atom is -0.404 e. The molecule has 0 bridgehead atoms. The van der Waals surface area contributed by atoms with Crippen LogP contribution in [0.1, 0.15) is 32.1 Å². The first-order valence-corrected chi connectivity index (χ1v) is 6.61. The number of anilines is 1. The Labute approximate surface area is 115 Å². The molecular formula is C14H16F3NO2. The molecule has 1 amide bonds. The Kier molecular flexibility index (Phi) is 4.52. The van der Waals surface area contributed by atoms with Gasteiger partial charge < -0.3 is 10.1 Å². The maximum absolute atomic E-state index is 12.3. The van der Waals surface area contributed by atoms with Crippen LogP contribution < -0.4 is 10.1 Å². The number of alkyl halides is 3. The van der Waals surface area contributed by atoms with Gasteiger partial charge in [0.25, 0.3) is 0 Å². The highest BCUT2D eigenvalue weighted by molar-refractivity contribution is 5.93. The number of rotatable bonds is 3. The Bertz CT molecular complexity index is 468. The Balaban J connectivity index is 2.06. The van der Waals surface area contributed by atoms with Crippen molar-refractivity contribution in [3.63, 3.8) is 0 Å². The van der Waals surface area contributed by atoms with E-state index < -0.39 is 6.36 Å². The van der Waals surface area contributed by atoms with E-state index >= 15 is 0 Å². The fraction of sp³-hybridized carbons (Fsp3) is 0.500. The van der Waals surface area contributed by atoms with Gasteiger partial charge in [-0.25, -0.2) is 0 Å². The molecule has 0 aliphatic heterocycles. The summed E-state index contributed by atoms with van der Waals surface area (Å²) in [5.41, 5.74) is 0.0559. The number of ether oxygens (including phenoxy) is 1. The van der Waals surface area contributed by atoms with Crippen molar-refractivity contribution in [2.75, 3.05) is 5.32 Å². The second-order valence-corrected chi connectivity index (χ2v) is 4.87. The maximum Gasteiger partial charge on any atom is 0.573 e. The predicted octanol–water partition coefficient (Wildman–Crippen LogP) is 4.10. The van der Waals surface area contributed by atoms with Crippen molar-refractivity contribution in [1.82, 2.24) is 0 Å². The molecule has 110 valence electrons. The number of amides is 1. The molecule has 20 heavy (non-hydrogen) atoms. The van der Waals surface area contributed by atoms with Gasteiger partial charge >= 0.3 is 6.36 Å². The normalized spacial score (nSPS) is 16.8. The van der Waals surface area contributed by atoms with E-state index in [1.165, 1.54) is 18.2 Å². The first kappa shape index (κ1) is 14.7. The number of halogens is 3. The molecule has 1 aliphatic rings. The first-order valence-electron chi connectivity index (χ1n) is 6.61. The van der Waals surface area contributed by atoms with Gasteiger partial charge in [-0.1, -0.05) is 31.4 Å². The molecule has 0 saturated heterocycles. The van der Waals surface area contributed by atoms with Crippen molar-refractivity contribution in [1.29, 1.82) is 0 Å². The van der Waals surface area contributed by atoms with E-state index in [2.05, 4.69) is 10.1 Å². The van der Waals surface area contributed by atoms with Crippen LogP contribution >= 0.6 is 0 Å². The Morgan fingerprint density at radius 3 is 2.45 bits per heavy atom. The summed E-state index contributed by atoms with van der Waals surface area (Å²) in [4.78, 5) is 12.0. The van der Waals surface area contributed by atoms with Crippen LogP contribution in [0, 0.1) is 5.92 Å². The summed E-state index contributed by atoms with van der Waals surface area (Å²) in [5, 5.41) is 2.54. The third-order valence-corrected chi connectivity index (χ3v) is 3.35. The minimum atomic E-state index is -4.77. The van der Waals surface area contributed by atoms with Crippen molar-refractivity contribution in [2.24, 2.45) is 5.92 Å². The van der Waals surface area contributed by atoms with Gasteiger partial charge in [0.2, 0.25) is 5.91 Å². The van der Waals surface area contributed by atoms with E-state index in [0.29, 0.717) is 0 Å². The molecule has 3 nitrogen and oxygen atoms in total. The number of para-hydroxylation sites is 2. The van der Waals surface area contributed by atoms with Crippen LogP contribution in [0.4, 0.5) is 18.9 Å². The van der Waals surface area contributed by atoms with Gasteiger partial charge in [-0.3, -0.25) is 4.79 Å². The lowest BCUT2D eigenvalue weighted by Gasteiger charge is -2.21. The van der Waals surface area contributed by atoms with Crippen molar-refractivity contribution in [3.8, 4) is 5.75 Å². The van der Waals surface area contributed by atoms with Crippen LogP contribution in [0.3, 0.4) is 0 Å². The quantitative estimate of drug-likeness (QED) is 0.908. The fourth-order valence-electron chi connectivity index (χ4n) is 2.38. The van der Waals surface area contributed by atoms with Crippen LogP contribution in [0.2, 0.25) is 0 Å². The summed E-state index contributed by atoms with van der Waals surface area (Å²) >= 11 is 0. The van der Waals surface area contributed by atoms with Gasteiger partial charge in [0.05, 0.1) is 5.69 Å². The van der Waals surface area contributed by atoms with Gasteiger partial charge in [-0.2, -0.15) is 0 Å². The smallest absolute Gasteiger partial charge is 0.404 e. The summed E-state index contributed by atoms with van der Waals surface area (Å²) < 4.78 is 40.7. The Hall–Kier alpha value is -1.72. The Morgan fingerprint density at radius 2 is 1.80 bits per heavy atom. The van der Waals surface area contributed by atoms with E-state index in [0.717, 1.165) is 32.1 Å². The molecule has 1 fully saturated rings. The maximum atomic E-state index is 12.3. The third-order valence-electron chi connectivity index (χ3n) is 3.35. The standard InChI is InChI=1S/C14H16F3NO2/c15-14(16,17)20-12-9-5-4-8-11(12)18-13(19)10-6-2-1-3-7-10/h4-5,8-10H,1-3,6-7H2,(H,18,19). The van der Waals surface area contributed by atoms with E-state index in [4.69, 9.17) is 0 Å². The molecule has 0 spiro atoms. The molecule has 0 atom stereocenters. The van der Waals surface area contributed by atoms with Crippen LogP contribution in [0.5, 0.6) is 5.75 Å². The fourth-order valence-corrected chi connectivity index (χ4v) is 2.38. The van der Waals surface area contributed by atoms with Crippen molar-refractivity contribution in [3.05, 3.63) is 24.3 Å². The highest BCUT2D eigenvalue weighted by atomic mass is 19.4. The topological polar surface area (TPSA) is 38.3 Å². The number of carbonyl (C=O) groups is 1. The van der Waals surface area contributed by atoms with Crippen LogP contribution in [-0.2, 0) is 4.79 Å². The molecule has 1 aromatic carbocycles.